The van der Waals surface area contributed by atoms with Gasteiger partial charge in [0.05, 0.1) is 6.21 Å². The van der Waals surface area contributed by atoms with Crippen molar-refractivity contribution in [1.29, 1.82) is 0 Å². The van der Waals surface area contributed by atoms with Gasteiger partial charge in [-0.1, -0.05) is 29.8 Å². The molecule has 2 aromatic carbocycles. The van der Waals surface area contributed by atoms with Gasteiger partial charge in [-0.2, -0.15) is 5.10 Å². The first-order valence-corrected chi connectivity index (χ1v) is 6.60. The number of hydrogen-bond acceptors (Lipinski definition) is 2. The first kappa shape index (κ1) is 14.3. The van der Waals surface area contributed by atoms with E-state index in [1.807, 2.05) is 25.1 Å². The molecule has 0 saturated heterocycles. The summed E-state index contributed by atoms with van der Waals surface area (Å²) < 4.78 is 0. The van der Waals surface area contributed by atoms with E-state index in [1.165, 1.54) is 11.1 Å². The third-order valence-corrected chi connectivity index (χ3v) is 3.27. The number of carbonyl (C=O) groups is 1. The average Bonchev–Trinajstić information content (AvgIpc) is 2.43. The van der Waals surface area contributed by atoms with E-state index in [1.54, 1.807) is 30.5 Å². The maximum Gasteiger partial charge on any atom is 0.271 e. The summed E-state index contributed by atoms with van der Waals surface area (Å²) in [6, 6.07) is 12.7. The second kappa shape index (κ2) is 6.35. The van der Waals surface area contributed by atoms with E-state index in [0.717, 1.165) is 5.56 Å². The van der Waals surface area contributed by atoms with Gasteiger partial charge in [0.1, 0.15) is 0 Å². The number of aryl methyl sites for hydroxylation is 2. The van der Waals surface area contributed by atoms with Gasteiger partial charge in [0, 0.05) is 10.6 Å². The molecule has 0 saturated carbocycles. The molecule has 0 unspecified atom stereocenters. The monoisotopic (exact) mass is 286 g/mol. The van der Waals surface area contributed by atoms with Crippen LogP contribution in [0.25, 0.3) is 0 Å². The SMILES string of the molecule is Cc1ccc(/C=N\NC(=O)c2ccc(Cl)cc2)cc1C. The summed E-state index contributed by atoms with van der Waals surface area (Å²) in [5.74, 6) is -0.262. The van der Waals surface area contributed by atoms with Gasteiger partial charge in [-0.25, -0.2) is 5.43 Å². The lowest BCUT2D eigenvalue weighted by Gasteiger charge is -2.01. The Morgan fingerprint density at radius 3 is 2.45 bits per heavy atom. The first-order chi connectivity index (χ1) is 9.56. The molecule has 0 heterocycles. The van der Waals surface area contributed by atoms with E-state index in [4.69, 9.17) is 11.6 Å². The number of halogens is 1. The lowest BCUT2D eigenvalue weighted by atomic mass is 10.1. The van der Waals surface area contributed by atoms with E-state index in [-0.39, 0.29) is 5.91 Å². The maximum absolute atomic E-state index is 11.8. The first-order valence-electron chi connectivity index (χ1n) is 6.22. The predicted octanol–water partition coefficient (Wildman–Crippen LogP) is 3.72. The Morgan fingerprint density at radius 2 is 1.80 bits per heavy atom. The number of amides is 1. The number of hydrazone groups is 1. The molecule has 1 N–H and O–H groups in total. The molecule has 1 amide bonds. The standard InChI is InChI=1S/C16H15ClN2O/c1-11-3-4-13(9-12(11)2)10-18-19-16(20)14-5-7-15(17)8-6-14/h3-10H,1-2H3,(H,19,20)/b18-10-. The average molecular weight is 287 g/mol. The second-order valence-corrected chi connectivity index (χ2v) is 4.99. The van der Waals surface area contributed by atoms with E-state index < -0.39 is 0 Å². The summed E-state index contributed by atoms with van der Waals surface area (Å²) in [5.41, 5.74) is 6.38. The molecule has 0 radical (unpaired) electrons. The molecule has 2 rings (SSSR count). The quantitative estimate of drug-likeness (QED) is 0.678. The molecule has 20 heavy (non-hydrogen) atoms. The number of carbonyl (C=O) groups excluding carboxylic acids is 1. The fraction of sp³-hybridized carbons (Fsp3) is 0.125. The zero-order chi connectivity index (χ0) is 14.5. The Balaban J connectivity index is 2.00. The summed E-state index contributed by atoms with van der Waals surface area (Å²) in [5, 5.41) is 4.55. The molecular formula is C16H15ClN2O. The lowest BCUT2D eigenvalue weighted by molar-refractivity contribution is 0.0955. The highest BCUT2D eigenvalue weighted by Gasteiger charge is 2.03. The summed E-state index contributed by atoms with van der Waals surface area (Å²) >= 11 is 5.77. The smallest absolute Gasteiger partial charge is 0.267 e. The van der Waals surface area contributed by atoms with Crippen molar-refractivity contribution in [3.63, 3.8) is 0 Å². The number of nitrogens with zero attached hydrogens (tertiary/aromatic N) is 1. The molecule has 3 nitrogen and oxygen atoms in total. The van der Waals surface area contributed by atoms with Gasteiger partial charge in [-0.15, -0.1) is 0 Å². The second-order valence-electron chi connectivity index (χ2n) is 4.55. The van der Waals surface area contributed by atoms with Gasteiger partial charge in [0.15, 0.2) is 0 Å². The zero-order valence-electron chi connectivity index (χ0n) is 11.4. The molecule has 0 bridgehead atoms. The third kappa shape index (κ3) is 3.68. The van der Waals surface area contributed by atoms with Gasteiger partial charge < -0.3 is 0 Å². The Hall–Kier alpha value is -2.13. The number of benzene rings is 2. The molecule has 0 aliphatic rings. The highest BCUT2D eigenvalue weighted by molar-refractivity contribution is 6.30. The van der Waals surface area contributed by atoms with Crippen LogP contribution in [-0.2, 0) is 0 Å². The molecule has 0 aromatic heterocycles. The third-order valence-electron chi connectivity index (χ3n) is 3.02. The molecule has 4 heteroatoms. The lowest BCUT2D eigenvalue weighted by Crippen LogP contribution is -2.17. The van der Waals surface area contributed by atoms with Crippen molar-refractivity contribution in [3.8, 4) is 0 Å². The van der Waals surface area contributed by atoms with Gasteiger partial charge in [-0.05, 0) is 54.8 Å². The van der Waals surface area contributed by atoms with Crippen LogP contribution in [0.1, 0.15) is 27.0 Å². The van der Waals surface area contributed by atoms with Crippen molar-refractivity contribution in [2.24, 2.45) is 5.10 Å². The normalized spacial score (nSPS) is 10.8. The molecule has 0 aliphatic heterocycles. The summed E-state index contributed by atoms with van der Waals surface area (Å²) in [6.07, 6.45) is 1.63. The minimum absolute atomic E-state index is 0.262. The van der Waals surface area contributed by atoms with Crippen LogP contribution >= 0.6 is 11.6 Å². The van der Waals surface area contributed by atoms with Crippen molar-refractivity contribution >= 4 is 23.7 Å². The number of nitrogens with one attached hydrogen (secondary N) is 1. The van der Waals surface area contributed by atoms with Gasteiger partial charge in [-0.3, -0.25) is 4.79 Å². The van der Waals surface area contributed by atoms with E-state index in [2.05, 4.69) is 17.5 Å². The minimum Gasteiger partial charge on any atom is -0.267 e. The summed E-state index contributed by atoms with van der Waals surface area (Å²) in [7, 11) is 0. The van der Waals surface area contributed by atoms with Crippen molar-refractivity contribution in [1.82, 2.24) is 5.43 Å². The minimum atomic E-state index is -0.262. The Kier molecular flexibility index (Phi) is 4.53. The van der Waals surface area contributed by atoms with Crippen LogP contribution in [0, 0.1) is 13.8 Å². The van der Waals surface area contributed by atoms with E-state index >= 15 is 0 Å². The fourth-order valence-corrected chi connectivity index (χ4v) is 1.80. The van der Waals surface area contributed by atoms with E-state index in [0.29, 0.717) is 10.6 Å². The Labute approximate surface area is 123 Å². The van der Waals surface area contributed by atoms with Crippen molar-refractivity contribution in [3.05, 3.63) is 69.7 Å². The highest BCUT2D eigenvalue weighted by Crippen LogP contribution is 2.09. The highest BCUT2D eigenvalue weighted by atomic mass is 35.5. The molecule has 0 fully saturated rings. The largest absolute Gasteiger partial charge is 0.271 e. The Bertz CT molecular complexity index is 648. The molecule has 102 valence electrons. The molecular weight excluding hydrogens is 272 g/mol. The van der Waals surface area contributed by atoms with Crippen LogP contribution in [0.4, 0.5) is 0 Å². The zero-order valence-corrected chi connectivity index (χ0v) is 12.1. The van der Waals surface area contributed by atoms with Gasteiger partial charge in [0.25, 0.3) is 5.91 Å². The molecule has 0 atom stereocenters. The summed E-state index contributed by atoms with van der Waals surface area (Å²) in [4.78, 5) is 11.8. The number of rotatable bonds is 3. The topological polar surface area (TPSA) is 41.5 Å². The fourth-order valence-electron chi connectivity index (χ4n) is 1.68. The van der Waals surface area contributed by atoms with E-state index in [9.17, 15) is 4.79 Å². The van der Waals surface area contributed by atoms with Crippen LogP contribution in [0.3, 0.4) is 0 Å². The van der Waals surface area contributed by atoms with Crippen LogP contribution in [0.5, 0.6) is 0 Å². The maximum atomic E-state index is 11.8. The molecule has 0 aliphatic carbocycles. The van der Waals surface area contributed by atoms with Crippen LogP contribution in [0.2, 0.25) is 5.02 Å². The van der Waals surface area contributed by atoms with Crippen LogP contribution in [0.15, 0.2) is 47.6 Å². The van der Waals surface area contributed by atoms with Crippen molar-refractivity contribution in [2.45, 2.75) is 13.8 Å². The Morgan fingerprint density at radius 1 is 1.10 bits per heavy atom. The molecule has 2 aromatic rings. The van der Waals surface area contributed by atoms with Crippen molar-refractivity contribution < 1.29 is 4.79 Å². The van der Waals surface area contributed by atoms with Gasteiger partial charge >= 0.3 is 0 Å². The molecule has 0 spiro atoms. The van der Waals surface area contributed by atoms with Gasteiger partial charge in [0.2, 0.25) is 0 Å². The number of hydrogen-bond donors (Lipinski definition) is 1. The summed E-state index contributed by atoms with van der Waals surface area (Å²) in [6.45, 7) is 4.09. The van der Waals surface area contributed by atoms with Crippen LogP contribution < -0.4 is 5.43 Å². The van der Waals surface area contributed by atoms with Crippen molar-refractivity contribution in [2.75, 3.05) is 0 Å². The predicted molar refractivity (Wildman–Crippen MR) is 82.4 cm³/mol. The van der Waals surface area contributed by atoms with Crippen LogP contribution in [-0.4, -0.2) is 12.1 Å².